The molecule has 1 unspecified atom stereocenters. The molecule has 1 fully saturated rings. The number of amides is 1. The quantitative estimate of drug-likeness (QED) is 0.758. The zero-order valence-corrected chi connectivity index (χ0v) is 10.1. The van der Waals surface area contributed by atoms with E-state index in [1.165, 1.54) is 0 Å². The van der Waals surface area contributed by atoms with Gasteiger partial charge in [0.15, 0.2) is 0 Å². The number of hydrogen-bond acceptors (Lipinski definition) is 4. The lowest BCUT2D eigenvalue weighted by atomic mass is 9.99. The minimum Gasteiger partial charge on any atom is -0.396 e. The number of hydrogen-bond donors (Lipinski definition) is 2. The lowest BCUT2D eigenvalue weighted by molar-refractivity contribution is -0.119. The number of nitrogen functional groups attached to an aromatic ring is 1. The van der Waals surface area contributed by atoms with Crippen LogP contribution in [0.3, 0.4) is 0 Å². The monoisotopic (exact) mass is 244 g/mol. The molecule has 1 aliphatic rings. The van der Waals surface area contributed by atoms with Gasteiger partial charge < -0.3 is 16.4 Å². The minimum absolute atomic E-state index is 0.324. The van der Waals surface area contributed by atoms with Crippen LogP contribution >= 0.6 is 0 Å². The topological polar surface area (TPSA) is 96.1 Å². The Balaban J connectivity index is 2.40. The van der Waals surface area contributed by atoms with Crippen LogP contribution < -0.4 is 16.4 Å². The summed E-state index contributed by atoms with van der Waals surface area (Å²) in [5, 5.41) is 8.98. The number of carbonyl (C=O) groups excluding carboxylic acids is 1. The van der Waals surface area contributed by atoms with Crippen molar-refractivity contribution in [3.63, 3.8) is 0 Å². The Morgan fingerprint density at radius 1 is 1.44 bits per heavy atom. The van der Waals surface area contributed by atoms with E-state index in [0.29, 0.717) is 11.3 Å². The summed E-state index contributed by atoms with van der Waals surface area (Å²) < 4.78 is 0. The molecule has 0 bridgehead atoms. The van der Waals surface area contributed by atoms with Crippen LogP contribution in [0.1, 0.15) is 24.8 Å². The van der Waals surface area contributed by atoms with Gasteiger partial charge in [0.1, 0.15) is 12.1 Å². The van der Waals surface area contributed by atoms with E-state index in [9.17, 15) is 4.79 Å². The number of carbonyl (C=O) groups is 1. The van der Waals surface area contributed by atoms with Crippen molar-refractivity contribution in [3.8, 4) is 6.07 Å². The molecular formula is C13H16N4O. The van der Waals surface area contributed by atoms with E-state index in [1.54, 1.807) is 12.1 Å². The van der Waals surface area contributed by atoms with Crippen LogP contribution in [0, 0.1) is 11.3 Å². The summed E-state index contributed by atoms with van der Waals surface area (Å²) >= 11 is 0. The average Bonchev–Trinajstić information content (AvgIpc) is 2.39. The van der Waals surface area contributed by atoms with Crippen molar-refractivity contribution < 1.29 is 4.79 Å². The molecule has 1 heterocycles. The van der Waals surface area contributed by atoms with Gasteiger partial charge in [-0.25, -0.2) is 0 Å². The molecule has 0 spiro atoms. The Morgan fingerprint density at radius 3 is 2.89 bits per heavy atom. The Kier molecular flexibility index (Phi) is 3.38. The van der Waals surface area contributed by atoms with Crippen LogP contribution in [0.15, 0.2) is 18.2 Å². The third-order valence-electron chi connectivity index (χ3n) is 3.34. The first-order valence-electron chi connectivity index (χ1n) is 5.99. The van der Waals surface area contributed by atoms with E-state index in [1.807, 2.05) is 11.0 Å². The van der Waals surface area contributed by atoms with Gasteiger partial charge in [-0.2, -0.15) is 5.26 Å². The van der Waals surface area contributed by atoms with E-state index in [2.05, 4.69) is 6.07 Å². The number of rotatable bonds is 2. The predicted molar refractivity (Wildman–Crippen MR) is 69.7 cm³/mol. The van der Waals surface area contributed by atoms with Gasteiger partial charge in [-0.3, -0.25) is 4.79 Å². The first kappa shape index (κ1) is 12.2. The van der Waals surface area contributed by atoms with Crippen molar-refractivity contribution in [1.82, 2.24) is 0 Å². The van der Waals surface area contributed by atoms with E-state index in [0.717, 1.165) is 31.5 Å². The number of para-hydroxylation sites is 1. The standard InChI is InChI=1S/C13H16N4O/c14-8-9-4-3-6-10(12(9)15)17-7-2-1-5-11(17)13(16)18/h3-4,6,11H,1-2,5,7,15H2,(H2,16,18). The molecule has 0 aromatic heterocycles. The first-order valence-corrected chi connectivity index (χ1v) is 5.99. The molecule has 1 atom stereocenters. The lowest BCUT2D eigenvalue weighted by Crippen LogP contribution is -2.48. The van der Waals surface area contributed by atoms with Gasteiger partial charge in [-0.1, -0.05) is 6.07 Å². The number of anilines is 2. The third-order valence-corrected chi connectivity index (χ3v) is 3.34. The second kappa shape index (κ2) is 4.96. The van der Waals surface area contributed by atoms with Gasteiger partial charge in [0.2, 0.25) is 5.91 Å². The van der Waals surface area contributed by atoms with Crippen LogP contribution in [0.2, 0.25) is 0 Å². The van der Waals surface area contributed by atoms with Gasteiger partial charge in [0, 0.05) is 6.54 Å². The van der Waals surface area contributed by atoms with Crippen molar-refractivity contribution in [3.05, 3.63) is 23.8 Å². The molecule has 5 nitrogen and oxygen atoms in total. The molecule has 1 aromatic carbocycles. The molecule has 1 saturated heterocycles. The Hall–Kier alpha value is -2.22. The van der Waals surface area contributed by atoms with Crippen LogP contribution in [-0.2, 0) is 4.79 Å². The van der Waals surface area contributed by atoms with Crippen LogP contribution in [0.5, 0.6) is 0 Å². The number of primary amides is 1. The molecule has 0 aliphatic carbocycles. The van der Waals surface area contributed by atoms with Crippen molar-refractivity contribution in [2.45, 2.75) is 25.3 Å². The Bertz CT molecular complexity index is 506. The van der Waals surface area contributed by atoms with Gasteiger partial charge in [-0.15, -0.1) is 0 Å². The smallest absolute Gasteiger partial charge is 0.240 e. The van der Waals surface area contributed by atoms with Crippen molar-refractivity contribution in [1.29, 1.82) is 5.26 Å². The molecule has 0 saturated carbocycles. The number of nitrogens with two attached hydrogens (primary N) is 2. The molecular weight excluding hydrogens is 228 g/mol. The first-order chi connectivity index (χ1) is 8.65. The molecule has 2 rings (SSSR count). The number of benzene rings is 1. The maximum Gasteiger partial charge on any atom is 0.240 e. The number of piperidine rings is 1. The summed E-state index contributed by atoms with van der Waals surface area (Å²) in [6.07, 6.45) is 2.73. The predicted octanol–water partition coefficient (Wildman–Crippen LogP) is 0.985. The molecule has 18 heavy (non-hydrogen) atoms. The second-order valence-electron chi connectivity index (χ2n) is 4.46. The van der Waals surface area contributed by atoms with E-state index in [-0.39, 0.29) is 11.9 Å². The zero-order chi connectivity index (χ0) is 13.1. The highest BCUT2D eigenvalue weighted by Crippen LogP contribution is 2.31. The van der Waals surface area contributed by atoms with Gasteiger partial charge in [0.25, 0.3) is 0 Å². The molecule has 1 aliphatic heterocycles. The van der Waals surface area contributed by atoms with Crippen molar-refractivity contribution in [2.75, 3.05) is 17.2 Å². The highest BCUT2D eigenvalue weighted by molar-refractivity contribution is 5.86. The largest absolute Gasteiger partial charge is 0.396 e. The van der Waals surface area contributed by atoms with E-state index < -0.39 is 0 Å². The SMILES string of the molecule is N#Cc1cccc(N2CCCCC2C(N)=O)c1N. The van der Waals surface area contributed by atoms with Crippen molar-refractivity contribution >= 4 is 17.3 Å². The molecule has 5 heteroatoms. The number of nitriles is 1. The molecule has 0 radical (unpaired) electrons. The lowest BCUT2D eigenvalue weighted by Gasteiger charge is -2.36. The molecule has 4 N–H and O–H groups in total. The van der Waals surface area contributed by atoms with Gasteiger partial charge in [0.05, 0.1) is 16.9 Å². The summed E-state index contributed by atoms with van der Waals surface area (Å²) in [5.74, 6) is -0.337. The van der Waals surface area contributed by atoms with Crippen LogP contribution in [0.25, 0.3) is 0 Å². The zero-order valence-electron chi connectivity index (χ0n) is 10.1. The fourth-order valence-electron chi connectivity index (χ4n) is 2.42. The van der Waals surface area contributed by atoms with Crippen molar-refractivity contribution in [2.24, 2.45) is 5.73 Å². The summed E-state index contributed by atoms with van der Waals surface area (Å²) in [4.78, 5) is 13.4. The van der Waals surface area contributed by atoms with Gasteiger partial charge >= 0.3 is 0 Å². The minimum atomic E-state index is -0.337. The summed E-state index contributed by atoms with van der Waals surface area (Å²) in [5.41, 5.74) is 13.0. The third kappa shape index (κ3) is 2.09. The number of nitrogens with zero attached hydrogens (tertiary/aromatic N) is 2. The summed E-state index contributed by atoms with van der Waals surface area (Å²) in [6.45, 7) is 0.743. The summed E-state index contributed by atoms with van der Waals surface area (Å²) in [7, 11) is 0. The van der Waals surface area contributed by atoms with E-state index in [4.69, 9.17) is 16.7 Å². The van der Waals surface area contributed by atoms with Gasteiger partial charge in [-0.05, 0) is 31.4 Å². The normalized spacial score (nSPS) is 19.3. The highest BCUT2D eigenvalue weighted by atomic mass is 16.1. The fraction of sp³-hybridized carbons (Fsp3) is 0.385. The van der Waals surface area contributed by atoms with Crippen LogP contribution in [-0.4, -0.2) is 18.5 Å². The Labute approximate surface area is 106 Å². The van der Waals surface area contributed by atoms with Crippen LogP contribution in [0.4, 0.5) is 11.4 Å². The maximum atomic E-state index is 11.5. The molecule has 1 amide bonds. The molecule has 94 valence electrons. The van der Waals surface area contributed by atoms with E-state index >= 15 is 0 Å². The summed E-state index contributed by atoms with van der Waals surface area (Å²) in [6, 6.07) is 7.00. The molecule has 1 aromatic rings. The highest BCUT2D eigenvalue weighted by Gasteiger charge is 2.28. The Morgan fingerprint density at radius 2 is 2.22 bits per heavy atom. The second-order valence-corrected chi connectivity index (χ2v) is 4.46. The fourth-order valence-corrected chi connectivity index (χ4v) is 2.42. The maximum absolute atomic E-state index is 11.5. The average molecular weight is 244 g/mol.